The van der Waals surface area contributed by atoms with Gasteiger partial charge in [-0.15, -0.1) is 0 Å². The van der Waals surface area contributed by atoms with E-state index in [2.05, 4.69) is 47.7 Å². The van der Waals surface area contributed by atoms with Crippen LogP contribution >= 0.6 is 0 Å². The van der Waals surface area contributed by atoms with E-state index in [4.69, 9.17) is 0 Å². The molecule has 0 saturated carbocycles. The van der Waals surface area contributed by atoms with Crippen molar-refractivity contribution in [3.8, 4) is 0 Å². The summed E-state index contributed by atoms with van der Waals surface area (Å²) in [6.45, 7) is 17.6. The molecule has 0 aromatic heterocycles. The highest BCUT2D eigenvalue weighted by molar-refractivity contribution is 5.64. The molecule has 2 atom stereocenters. The molecule has 2 unspecified atom stereocenters. The molecule has 3 nitrogen and oxygen atoms in total. The molecule has 168 valence electrons. The fourth-order valence-corrected chi connectivity index (χ4v) is 5.26. The van der Waals surface area contributed by atoms with E-state index >= 15 is 0 Å². The van der Waals surface area contributed by atoms with Crippen LogP contribution in [0.4, 0.5) is 0 Å². The van der Waals surface area contributed by atoms with Gasteiger partial charge in [-0.2, -0.15) is 0 Å². The minimum Gasteiger partial charge on any atom is -0.385 e. The molecule has 1 fully saturated rings. The molecule has 0 spiro atoms. The standard InChI is InChI=1S/C27H45N3/c1-4-24-21-26-22-25(27(24)5-2)13-9-7-6-8-10-15-29-17-12-18-30(20-19-29)16-11-14-28-23(26)3/h21-22,28H,3-20H2,1-2H3. The molecule has 1 N–H and O–H groups in total. The minimum atomic E-state index is 1.02. The van der Waals surface area contributed by atoms with Gasteiger partial charge in [-0.1, -0.05) is 39.7 Å². The lowest BCUT2D eigenvalue weighted by atomic mass is 9.90. The van der Waals surface area contributed by atoms with Gasteiger partial charge in [0, 0.05) is 25.3 Å². The molecule has 3 heteroatoms. The second kappa shape index (κ2) is 12.5. The monoisotopic (exact) mass is 411 g/mol. The van der Waals surface area contributed by atoms with Gasteiger partial charge in [0.05, 0.1) is 0 Å². The van der Waals surface area contributed by atoms with Crippen molar-refractivity contribution < 1.29 is 0 Å². The Morgan fingerprint density at radius 2 is 1.43 bits per heavy atom. The predicted molar refractivity (Wildman–Crippen MR) is 131 cm³/mol. The quantitative estimate of drug-likeness (QED) is 0.714. The maximum atomic E-state index is 4.39. The lowest BCUT2D eigenvalue weighted by Gasteiger charge is -2.22. The molecular weight excluding hydrogens is 366 g/mol. The molecule has 2 aliphatic heterocycles. The Morgan fingerprint density at radius 3 is 2.17 bits per heavy atom. The van der Waals surface area contributed by atoms with Gasteiger partial charge in [-0.25, -0.2) is 0 Å². The summed E-state index contributed by atoms with van der Waals surface area (Å²) in [7, 11) is 0. The maximum absolute atomic E-state index is 4.39. The summed E-state index contributed by atoms with van der Waals surface area (Å²) in [4.78, 5) is 5.38. The minimum absolute atomic E-state index is 1.02. The first-order valence-corrected chi connectivity index (χ1v) is 12.7. The second-order valence-electron chi connectivity index (χ2n) is 9.29. The first-order valence-electron chi connectivity index (χ1n) is 12.7. The zero-order chi connectivity index (χ0) is 21.2. The van der Waals surface area contributed by atoms with Crippen LogP contribution in [-0.4, -0.2) is 55.6 Å². The van der Waals surface area contributed by atoms with Crippen LogP contribution in [0.25, 0.3) is 5.70 Å². The molecule has 0 radical (unpaired) electrons. The van der Waals surface area contributed by atoms with Crippen LogP contribution in [0.5, 0.6) is 0 Å². The molecule has 1 aromatic carbocycles. The molecule has 30 heavy (non-hydrogen) atoms. The Labute approximate surface area is 185 Å². The average molecular weight is 412 g/mol. The van der Waals surface area contributed by atoms with E-state index in [1.54, 1.807) is 11.1 Å². The summed E-state index contributed by atoms with van der Waals surface area (Å²) >= 11 is 0. The van der Waals surface area contributed by atoms with Crippen molar-refractivity contribution in [2.45, 2.75) is 78.1 Å². The van der Waals surface area contributed by atoms with E-state index in [1.807, 2.05) is 0 Å². The van der Waals surface area contributed by atoms with Gasteiger partial charge >= 0.3 is 0 Å². The molecular formula is C27H45N3. The third-order valence-corrected chi connectivity index (χ3v) is 7.11. The Hall–Kier alpha value is -1.32. The van der Waals surface area contributed by atoms with Crippen molar-refractivity contribution >= 4 is 5.70 Å². The Balaban J connectivity index is 1.70. The third-order valence-electron chi connectivity index (χ3n) is 7.11. The van der Waals surface area contributed by atoms with Gasteiger partial charge in [0.25, 0.3) is 0 Å². The summed E-state index contributed by atoms with van der Waals surface area (Å²) in [6, 6.07) is 4.83. The lowest BCUT2D eigenvalue weighted by molar-refractivity contribution is 0.251. The van der Waals surface area contributed by atoms with Gasteiger partial charge in [0.2, 0.25) is 0 Å². The van der Waals surface area contributed by atoms with Crippen LogP contribution < -0.4 is 5.32 Å². The summed E-state index contributed by atoms with van der Waals surface area (Å²) in [5.74, 6) is 0. The molecule has 3 rings (SSSR count). The van der Waals surface area contributed by atoms with E-state index in [-0.39, 0.29) is 0 Å². The number of aryl methyl sites for hydroxylation is 2. The van der Waals surface area contributed by atoms with Crippen molar-refractivity contribution in [1.29, 1.82) is 0 Å². The van der Waals surface area contributed by atoms with E-state index in [9.17, 15) is 0 Å². The lowest BCUT2D eigenvalue weighted by Crippen LogP contribution is -2.32. The van der Waals surface area contributed by atoms with Gasteiger partial charge in [0.15, 0.2) is 0 Å². The summed E-state index contributed by atoms with van der Waals surface area (Å²) in [5.41, 5.74) is 7.09. The van der Waals surface area contributed by atoms with Gasteiger partial charge in [-0.3, -0.25) is 0 Å². The average Bonchev–Trinajstić information content (AvgIpc) is 2.99. The fourth-order valence-electron chi connectivity index (χ4n) is 5.26. The highest BCUT2D eigenvalue weighted by atomic mass is 15.2. The zero-order valence-electron chi connectivity index (χ0n) is 19.8. The number of fused-ring (bicyclic) bond motifs is 5. The molecule has 0 amide bonds. The number of hydrogen-bond acceptors (Lipinski definition) is 3. The number of rotatable bonds is 2. The van der Waals surface area contributed by atoms with Crippen molar-refractivity contribution in [2.75, 3.05) is 45.8 Å². The van der Waals surface area contributed by atoms with Crippen molar-refractivity contribution in [2.24, 2.45) is 0 Å². The summed E-state index contributed by atoms with van der Waals surface area (Å²) < 4.78 is 0. The Morgan fingerprint density at radius 1 is 0.767 bits per heavy atom. The van der Waals surface area contributed by atoms with Crippen molar-refractivity contribution in [1.82, 2.24) is 15.1 Å². The van der Waals surface area contributed by atoms with Crippen LogP contribution in [-0.2, 0) is 19.3 Å². The second-order valence-corrected chi connectivity index (χ2v) is 9.29. The molecule has 1 saturated heterocycles. The number of nitrogens with zero attached hydrogens (tertiary/aromatic N) is 2. The summed E-state index contributed by atoms with van der Waals surface area (Å²) in [6.07, 6.45) is 12.8. The predicted octanol–water partition coefficient (Wildman–Crippen LogP) is 5.28. The molecule has 1 aromatic rings. The smallest absolute Gasteiger partial charge is 0.0340 e. The van der Waals surface area contributed by atoms with E-state index in [0.29, 0.717) is 0 Å². The van der Waals surface area contributed by atoms with E-state index < -0.39 is 0 Å². The molecule has 2 aliphatic rings. The van der Waals surface area contributed by atoms with Gasteiger partial charge < -0.3 is 15.1 Å². The van der Waals surface area contributed by atoms with Gasteiger partial charge in [-0.05, 0) is 106 Å². The van der Waals surface area contributed by atoms with Crippen LogP contribution in [0, 0.1) is 0 Å². The van der Waals surface area contributed by atoms with E-state index in [0.717, 1.165) is 25.1 Å². The first kappa shape index (κ1) is 23.3. The number of benzene rings is 1. The molecule has 4 bridgehead atoms. The van der Waals surface area contributed by atoms with Crippen LogP contribution in [0.3, 0.4) is 0 Å². The first-order chi connectivity index (χ1) is 14.7. The van der Waals surface area contributed by atoms with Crippen molar-refractivity contribution in [3.05, 3.63) is 41.0 Å². The maximum Gasteiger partial charge on any atom is 0.0340 e. The zero-order valence-corrected chi connectivity index (χ0v) is 19.8. The normalized spacial score (nSPS) is 24.9. The Bertz CT molecular complexity index is 666. The molecule has 2 heterocycles. The largest absolute Gasteiger partial charge is 0.385 e. The fraction of sp³-hybridized carbons (Fsp3) is 0.704. The highest BCUT2D eigenvalue weighted by Crippen LogP contribution is 2.24. The van der Waals surface area contributed by atoms with E-state index in [1.165, 1.54) is 102 Å². The number of hydrogen-bond donors (Lipinski definition) is 1. The summed E-state index contributed by atoms with van der Waals surface area (Å²) in [5, 5.41) is 3.64. The number of nitrogens with one attached hydrogen (secondary N) is 1. The van der Waals surface area contributed by atoms with Gasteiger partial charge in [0.1, 0.15) is 0 Å². The topological polar surface area (TPSA) is 18.5 Å². The highest BCUT2D eigenvalue weighted by Gasteiger charge is 2.15. The molecule has 0 aliphatic carbocycles. The van der Waals surface area contributed by atoms with Crippen LogP contribution in [0.15, 0.2) is 18.7 Å². The van der Waals surface area contributed by atoms with Crippen LogP contribution in [0.1, 0.15) is 81.0 Å². The SMILES string of the molecule is C=C1NCCCN2CCCN(CCCCCCCc3cc1cc(CC)c3CC)CC2. The third kappa shape index (κ3) is 6.85. The van der Waals surface area contributed by atoms with Crippen molar-refractivity contribution in [3.63, 3.8) is 0 Å². The Kier molecular flexibility index (Phi) is 9.74. The van der Waals surface area contributed by atoms with Crippen LogP contribution in [0.2, 0.25) is 0 Å².